The second kappa shape index (κ2) is 13.4. The number of hydrogen-bond acceptors (Lipinski definition) is 1. The molecule has 1 saturated carbocycles. The van der Waals surface area contributed by atoms with Gasteiger partial charge in [0.15, 0.2) is 0 Å². The van der Waals surface area contributed by atoms with E-state index in [1.54, 1.807) is 5.57 Å². The standard InChI is InChI=1S/C31H37N3Si.CH3.2ClH.Ti/c1-21(2)28-17-29-26(14-9-15-27(29)31(28)35(3,4)34-19-32-18-33-20-34)30-24-12-7-5-10-22(24)16-23-11-6-8-13-25(23)30;;;;/h5-16,21,27-29,31H,17-20H2,1-4H3;1H3;2*1H;/q-2;-1;;;+6/p-2. The monoisotopic (exact) mass is 612 g/mol. The van der Waals surface area contributed by atoms with E-state index in [9.17, 15) is 0 Å². The van der Waals surface area contributed by atoms with Crippen LogP contribution in [-0.2, 0) is 17.0 Å². The van der Waals surface area contributed by atoms with Crippen molar-refractivity contribution < 1.29 is 17.0 Å². The zero-order valence-electron chi connectivity index (χ0n) is 23.7. The Bertz CT molecular complexity index is 1280. The van der Waals surface area contributed by atoms with Crippen LogP contribution in [0.4, 0.5) is 0 Å². The number of allylic oxidation sites excluding steroid dienone is 4. The number of nitrogens with zero attached hydrogens (tertiary/aromatic N) is 3. The SMILES string of the molecule is CC(C)C1CC2C(c3c4ccccc4cc4ccccc34)=CC=CC2C1[Si](C)(C)N1C[N-]C[N-]C1.[CH3-].[Cl][Ti+4][Cl]. The molecule has 2 aliphatic carbocycles. The van der Waals surface area contributed by atoms with Crippen molar-refractivity contribution in [1.29, 1.82) is 0 Å². The van der Waals surface area contributed by atoms with Gasteiger partial charge >= 0.3 is 35.6 Å². The number of benzene rings is 3. The minimum atomic E-state index is -1.77. The second-order valence-corrected chi connectivity index (χ2v) is 18.9. The van der Waals surface area contributed by atoms with Crippen molar-refractivity contribution in [1.82, 2.24) is 4.57 Å². The normalized spacial score (nSPS) is 25.3. The summed E-state index contributed by atoms with van der Waals surface area (Å²) >= 11 is -0.556. The zero-order valence-corrected chi connectivity index (χ0v) is 27.8. The minimum absolute atomic E-state index is 0. The molecule has 3 nitrogen and oxygen atoms in total. The number of fused-ring (bicyclic) bond motifs is 3. The third-order valence-electron chi connectivity index (χ3n) is 9.16. The van der Waals surface area contributed by atoms with E-state index in [1.165, 1.54) is 33.5 Å². The van der Waals surface area contributed by atoms with Crippen LogP contribution in [0.25, 0.3) is 37.8 Å². The summed E-state index contributed by atoms with van der Waals surface area (Å²) in [6.07, 6.45) is 8.65. The van der Waals surface area contributed by atoms with Crippen molar-refractivity contribution in [2.45, 2.75) is 38.9 Å². The van der Waals surface area contributed by atoms with E-state index in [4.69, 9.17) is 18.6 Å². The fourth-order valence-corrected chi connectivity index (χ4v) is 11.6. The molecule has 7 heteroatoms. The van der Waals surface area contributed by atoms with Gasteiger partial charge in [-0.2, -0.15) is 0 Å². The molecule has 2 fully saturated rings. The van der Waals surface area contributed by atoms with Crippen molar-refractivity contribution in [3.63, 3.8) is 0 Å². The topological polar surface area (TPSA) is 31.4 Å². The van der Waals surface area contributed by atoms with Gasteiger partial charge in [0, 0.05) is 0 Å². The first kappa shape index (κ1) is 31.0. The Hall–Kier alpha value is -0.949. The van der Waals surface area contributed by atoms with Crippen LogP contribution in [0, 0.1) is 31.1 Å². The Morgan fingerprint density at radius 1 is 0.949 bits per heavy atom. The van der Waals surface area contributed by atoms with Crippen LogP contribution in [0.5, 0.6) is 0 Å². The van der Waals surface area contributed by atoms with Crippen molar-refractivity contribution in [2.75, 3.05) is 20.0 Å². The van der Waals surface area contributed by atoms with Gasteiger partial charge in [-0.1, -0.05) is 93.7 Å². The molecule has 6 rings (SSSR count). The fraction of sp³-hybridized carbons (Fsp3) is 0.406. The maximum atomic E-state index is 4.89. The van der Waals surface area contributed by atoms with Gasteiger partial charge in [-0.05, 0) is 74.4 Å². The molecular formula is C32H40Cl2N3SiTi+. The van der Waals surface area contributed by atoms with E-state index < -0.39 is 25.3 Å². The summed E-state index contributed by atoms with van der Waals surface area (Å²) in [5, 5.41) is 14.8. The van der Waals surface area contributed by atoms with Crippen LogP contribution < -0.4 is 0 Å². The molecule has 0 aromatic heterocycles. The summed E-state index contributed by atoms with van der Waals surface area (Å²) in [6.45, 7) is 12.5. The quantitative estimate of drug-likeness (QED) is 0.164. The molecule has 0 N–H and O–H groups in total. The molecule has 39 heavy (non-hydrogen) atoms. The fourth-order valence-electron chi connectivity index (χ4n) is 7.43. The average Bonchev–Trinajstić information content (AvgIpc) is 3.34. The van der Waals surface area contributed by atoms with E-state index >= 15 is 0 Å². The molecule has 1 heterocycles. The van der Waals surface area contributed by atoms with Gasteiger partial charge in [0.2, 0.25) is 0 Å². The van der Waals surface area contributed by atoms with Crippen LogP contribution in [0.3, 0.4) is 0 Å². The van der Waals surface area contributed by atoms with E-state index in [2.05, 4.69) is 115 Å². The van der Waals surface area contributed by atoms with E-state index in [-0.39, 0.29) is 7.43 Å². The molecule has 0 bridgehead atoms. The Balaban J connectivity index is 0.000000845. The third-order valence-corrected chi connectivity index (χ3v) is 13.5. The molecule has 3 aliphatic rings. The zero-order chi connectivity index (χ0) is 26.9. The van der Waals surface area contributed by atoms with Crippen LogP contribution in [0.2, 0.25) is 18.6 Å². The predicted molar refractivity (Wildman–Crippen MR) is 171 cm³/mol. The van der Waals surface area contributed by atoms with Crippen LogP contribution in [-0.4, -0.2) is 32.8 Å². The first-order chi connectivity index (χ1) is 18.4. The van der Waals surface area contributed by atoms with Gasteiger partial charge in [0.05, 0.1) is 0 Å². The van der Waals surface area contributed by atoms with E-state index in [0.717, 1.165) is 19.3 Å². The Labute approximate surface area is 253 Å². The van der Waals surface area contributed by atoms with Gasteiger partial charge in [0.1, 0.15) is 8.24 Å². The maximum absolute atomic E-state index is 4.89. The number of rotatable bonds is 4. The third kappa shape index (κ3) is 6.01. The van der Waals surface area contributed by atoms with Gasteiger partial charge in [-0.15, -0.1) is 13.3 Å². The second-order valence-electron chi connectivity index (χ2n) is 11.7. The molecule has 0 amide bonds. The van der Waals surface area contributed by atoms with Crippen LogP contribution >= 0.6 is 18.6 Å². The Morgan fingerprint density at radius 3 is 2.08 bits per heavy atom. The number of halogens is 2. The molecule has 3 aromatic rings. The molecule has 4 unspecified atom stereocenters. The van der Waals surface area contributed by atoms with Gasteiger partial charge in [0.25, 0.3) is 0 Å². The summed E-state index contributed by atoms with van der Waals surface area (Å²) in [6, 6.07) is 20.3. The summed E-state index contributed by atoms with van der Waals surface area (Å²) < 4.78 is 2.65. The molecule has 0 radical (unpaired) electrons. The molecule has 204 valence electrons. The molecular weight excluding hydrogens is 573 g/mol. The molecule has 1 aliphatic heterocycles. The Morgan fingerprint density at radius 2 is 1.51 bits per heavy atom. The number of hydrogen-bond donors (Lipinski definition) is 0. The molecule has 3 aromatic carbocycles. The summed E-state index contributed by atoms with van der Waals surface area (Å²) in [4.78, 5) is 0. The van der Waals surface area contributed by atoms with Gasteiger partial charge in [-0.25, -0.2) is 0 Å². The first-order valence-electron chi connectivity index (χ1n) is 13.7. The summed E-state index contributed by atoms with van der Waals surface area (Å²) in [5.74, 6) is 2.55. The van der Waals surface area contributed by atoms with Crippen molar-refractivity contribution in [3.05, 3.63) is 96.4 Å². The van der Waals surface area contributed by atoms with Gasteiger partial charge in [-0.3, -0.25) is 6.67 Å². The average molecular weight is 614 g/mol. The van der Waals surface area contributed by atoms with Crippen molar-refractivity contribution >= 4 is 54.0 Å². The van der Waals surface area contributed by atoms with E-state index in [1.807, 2.05) is 0 Å². The van der Waals surface area contributed by atoms with Crippen LogP contribution in [0.15, 0.2) is 72.8 Å². The molecule has 0 spiro atoms. The Kier molecular flexibility index (Phi) is 10.6. The predicted octanol–water partition coefficient (Wildman–Crippen LogP) is 10.2. The van der Waals surface area contributed by atoms with Crippen molar-refractivity contribution in [2.24, 2.45) is 23.7 Å². The summed E-state index contributed by atoms with van der Waals surface area (Å²) in [7, 11) is 8.00. The molecule has 4 atom stereocenters. The molecule has 1 saturated heterocycles. The summed E-state index contributed by atoms with van der Waals surface area (Å²) in [5.41, 5.74) is 3.72. The van der Waals surface area contributed by atoms with Crippen molar-refractivity contribution in [3.8, 4) is 0 Å². The first-order valence-corrected chi connectivity index (χ1v) is 21.0. The van der Waals surface area contributed by atoms with E-state index in [0.29, 0.717) is 30.0 Å². The van der Waals surface area contributed by atoms with Gasteiger partial charge < -0.3 is 22.6 Å². The van der Waals surface area contributed by atoms with Crippen LogP contribution in [0.1, 0.15) is 25.8 Å².